The average molecular weight is 247 g/mol. The first-order valence-electron chi connectivity index (χ1n) is 5.16. The number of benzene rings is 2. The number of para-hydroxylation sites is 3. The van der Waals surface area contributed by atoms with Crippen molar-refractivity contribution >= 4 is 5.69 Å². The summed E-state index contributed by atoms with van der Waals surface area (Å²) < 4.78 is 4.76. The standard InChI is InChI=1S/C7H7NO3.C6H6O/c1-11-7-5-3-2-4-6(7)8(9)10;7-6-4-2-1-3-5-6/h2-5H,1H3;1-5,7H. The Bertz CT molecular complexity index is 499. The average Bonchev–Trinajstić information content (AvgIpc) is 2.40. The maximum absolute atomic E-state index is 10.3. The highest BCUT2D eigenvalue weighted by atomic mass is 16.6. The molecule has 5 heteroatoms. The smallest absolute Gasteiger partial charge is 0.310 e. The number of hydrogen-bond donors (Lipinski definition) is 1. The van der Waals surface area contributed by atoms with Crippen molar-refractivity contribution in [3.8, 4) is 11.5 Å². The first-order chi connectivity index (χ1) is 8.65. The van der Waals surface area contributed by atoms with Crippen molar-refractivity contribution < 1.29 is 14.8 Å². The molecule has 0 aliphatic heterocycles. The molecule has 2 aromatic carbocycles. The molecule has 0 aliphatic carbocycles. The minimum absolute atomic E-state index is 0.00463. The van der Waals surface area contributed by atoms with Crippen LogP contribution in [0.2, 0.25) is 0 Å². The zero-order chi connectivity index (χ0) is 13.4. The Kier molecular flexibility index (Phi) is 5.18. The second kappa shape index (κ2) is 6.90. The van der Waals surface area contributed by atoms with Gasteiger partial charge in [0, 0.05) is 6.07 Å². The SMILES string of the molecule is COc1ccccc1[N+](=O)[O-].Oc1ccccc1. The van der Waals surface area contributed by atoms with Gasteiger partial charge in [-0.05, 0) is 18.2 Å². The molecule has 94 valence electrons. The largest absolute Gasteiger partial charge is 0.508 e. The van der Waals surface area contributed by atoms with Crippen LogP contribution in [0.4, 0.5) is 5.69 Å². The number of aromatic hydroxyl groups is 1. The van der Waals surface area contributed by atoms with Crippen LogP contribution in [0, 0.1) is 10.1 Å². The van der Waals surface area contributed by atoms with Gasteiger partial charge in [0.05, 0.1) is 12.0 Å². The lowest BCUT2D eigenvalue weighted by Crippen LogP contribution is -1.92. The summed E-state index contributed by atoms with van der Waals surface area (Å²) >= 11 is 0. The second-order valence-corrected chi connectivity index (χ2v) is 3.26. The van der Waals surface area contributed by atoms with E-state index >= 15 is 0 Å². The van der Waals surface area contributed by atoms with Crippen LogP contribution in [-0.2, 0) is 0 Å². The third-order valence-corrected chi connectivity index (χ3v) is 2.04. The predicted molar refractivity (Wildman–Crippen MR) is 67.8 cm³/mol. The fourth-order valence-electron chi connectivity index (χ4n) is 1.21. The van der Waals surface area contributed by atoms with E-state index in [4.69, 9.17) is 9.84 Å². The van der Waals surface area contributed by atoms with Crippen LogP contribution in [0.1, 0.15) is 0 Å². The first kappa shape index (κ1) is 13.5. The van der Waals surface area contributed by atoms with Crippen molar-refractivity contribution in [3.63, 3.8) is 0 Å². The number of rotatable bonds is 2. The van der Waals surface area contributed by atoms with E-state index in [0.29, 0.717) is 5.75 Å². The minimum Gasteiger partial charge on any atom is -0.508 e. The van der Waals surface area contributed by atoms with E-state index in [1.54, 1.807) is 42.5 Å². The molecule has 0 atom stereocenters. The molecule has 2 rings (SSSR count). The van der Waals surface area contributed by atoms with Gasteiger partial charge in [-0.2, -0.15) is 0 Å². The molecular formula is C13H13NO4. The van der Waals surface area contributed by atoms with Crippen LogP contribution in [0.15, 0.2) is 54.6 Å². The summed E-state index contributed by atoms with van der Waals surface area (Å²) in [5.74, 6) is 0.611. The third-order valence-electron chi connectivity index (χ3n) is 2.04. The molecule has 0 fully saturated rings. The van der Waals surface area contributed by atoms with Crippen LogP contribution < -0.4 is 4.74 Å². The van der Waals surface area contributed by atoms with Gasteiger partial charge in [0.15, 0.2) is 5.75 Å². The van der Waals surface area contributed by atoms with Crippen LogP contribution in [-0.4, -0.2) is 17.1 Å². The Balaban J connectivity index is 0.000000199. The highest BCUT2D eigenvalue weighted by Gasteiger charge is 2.11. The van der Waals surface area contributed by atoms with E-state index in [1.807, 2.05) is 6.07 Å². The van der Waals surface area contributed by atoms with Crippen LogP contribution >= 0.6 is 0 Å². The lowest BCUT2D eigenvalue weighted by atomic mass is 10.3. The van der Waals surface area contributed by atoms with Crippen LogP contribution in [0.5, 0.6) is 11.5 Å². The normalized spacial score (nSPS) is 8.94. The summed E-state index contributed by atoms with van der Waals surface area (Å²) in [5, 5.41) is 18.9. The highest BCUT2D eigenvalue weighted by Crippen LogP contribution is 2.24. The summed E-state index contributed by atoms with van der Waals surface area (Å²) in [6.45, 7) is 0. The zero-order valence-corrected chi connectivity index (χ0v) is 9.82. The molecule has 5 nitrogen and oxygen atoms in total. The summed E-state index contributed by atoms with van der Waals surface area (Å²) in [6, 6.07) is 15.0. The van der Waals surface area contributed by atoms with Gasteiger partial charge in [-0.1, -0.05) is 30.3 Å². The van der Waals surface area contributed by atoms with Gasteiger partial charge in [-0.15, -0.1) is 0 Å². The Labute approximate surface area is 104 Å². The molecule has 2 aromatic rings. The molecule has 0 amide bonds. The number of nitro groups is 1. The fourth-order valence-corrected chi connectivity index (χ4v) is 1.21. The Morgan fingerprint density at radius 2 is 1.61 bits per heavy atom. The maximum Gasteiger partial charge on any atom is 0.310 e. The van der Waals surface area contributed by atoms with Gasteiger partial charge in [0.25, 0.3) is 0 Å². The van der Waals surface area contributed by atoms with E-state index in [2.05, 4.69) is 0 Å². The molecule has 0 bridgehead atoms. The van der Waals surface area contributed by atoms with Crippen molar-refractivity contribution in [1.82, 2.24) is 0 Å². The molecule has 0 aliphatic rings. The molecule has 0 radical (unpaired) electrons. The van der Waals surface area contributed by atoms with E-state index in [9.17, 15) is 10.1 Å². The van der Waals surface area contributed by atoms with Crippen molar-refractivity contribution in [2.75, 3.05) is 7.11 Å². The van der Waals surface area contributed by atoms with Gasteiger partial charge in [-0.3, -0.25) is 10.1 Å². The number of nitro benzene ring substituents is 1. The van der Waals surface area contributed by atoms with E-state index < -0.39 is 4.92 Å². The number of methoxy groups -OCH3 is 1. The Morgan fingerprint density at radius 3 is 2.00 bits per heavy atom. The summed E-state index contributed by atoms with van der Waals surface area (Å²) in [7, 11) is 1.41. The quantitative estimate of drug-likeness (QED) is 0.654. The maximum atomic E-state index is 10.3. The van der Waals surface area contributed by atoms with Crippen molar-refractivity contribution in [2.45, 2.75) is 0 Å². The predicted octanol–water partition coefficient (Wildman–Crippen LogP) is 3.00. The topological polar surface area (TPSA) is 72.6 Å². The molecule has 0 aromatic heterocycles. The molecule has 1 N–H and O–H groups in total. The highest BCUT2D eigenvalue weighted by molar-refractivity contribution is 5.45. The Hall–Kier alpha value is -2.56. The van der Waals surface area contributed by atoms with E-state index in [0.717, 1.165) is 0 Å². The fraction of sp³-hybridized carbons (Fsp3) is 0.0769. The monoisotopic (exact) mass is 247 g/mol. The number of hydrogen-bond acceptors (Lipinski definition) is 4. The molecule has 0 unspecified atom stereocenters. The second-order valence-electron chi connectivity index (χ2n) is 3.26. The molecular weight excluding hydrogens is 234 g/mol. The molecule has 0 saturated carbocycles. The summed E-state index contributed by atoms with van der Waals surface area (Å²) in [6.07, 6.45) is 0. The molecule has 0 spiro atoms. The lowest BCUT2D eigenvalue weighted by Gasteiger charge is -1.98. The number of phenols is 1. The van der Waals surface area contributed by atoms with E-state index in [-0.39, 0.29) is 11.4 Å². The zero-order valence-electron chi connectivity index (χ0n) is 9.82. The van der Waals surface area contributed by atoms with E-state index in [1.165, 1.54) is 13.2 Å². The number of phenolic OH excluding ortho intramolecular Hbond substituents is 1. The summed E-state index contributed by atoms with van der Waals surface area (Å²) in [5.41, 5.74) is -0.00463. The number of nitrogens with zero attached hydrogens (tertiary/aromatic N) is 1. The van der Waals surface area contributed by atoms with Crippen molar-refractivity contribution in [1.29, 1.82) is 0 Å². The van der Waals surface area contributed by atoms with Gasteiger partial charge in [0.2, 0.25) is 0 Å². The molecule has 0 saturated heterocycles. The first-order valence-corrected chi connectivity index (χ1v) is 5.16. The van der Waals surface area contributed by atoms with Gasteiger partial charge < -0.3 is 9.84 Å². The number of ether oxygens (including phenoxy) is 1. The van der Waals surface area contributed by atoms with Crippen LogP contribution in [0.3, 0.4) is 0 Å². The Morgan fingerprint density at radius 1 is 1.06 bits per heavy atom. The van der Waals surface area contributed by atoms with Crippen molar-refractivity contribution in [2.24, 2.45) is 0 Å². The van der Waals surface area contributed by atoms with Crippen LogP contribution in [0.25, 0.3) is 0 Å². The minimum atomic E-state index is -0.473. The molecule has 18 heavy (non-hydrogen) atoms. The van der Waals surface area contributed by atoms with Gasteiger partial charge >= 0.3 is 5.69 Å². The van der Waals surface area contributed by atoms with Gasteiger partial charge in [-0.25, -0.2) is 0 Å². The lowest BCUT2D eigenvalue weighted by molar-refractivity contribution is -0.385. The van der Waals surface area contributed by atoms with Crippen molar-refractivity contribution in [3.05, 3.63) is 64.7 Å². The van der Waals surface area contributed by atoms with Gasteiger partial charge in [0.1, 0.15) is 5.75 Å². The molecule has 0 heterocycles. The summed E-state index contributed by atoms with van der Waals surface area (Å²) in [4.78, 5) is 9.83. The third kappa shape index (κ3) is 4.13.